The molecule has 2 saturated carbocycles. The first kappa shape index (κ1) is 21.6. The van der Waals surface area contributed by atoms with E-state index in [1.807, 2.05) is 36.7 Å². The lowest BCUT2D eigenvalue weighted by molar-refractivity contribution is 0.226. The topological polar surface area (TPSA) is 65.2 Å². The molecule has 2 aliphatic carbocycles. The van der Waals surface area contributed by atoms with Gasteiger partial charge in [-0.05, 0) is 129 Å². The first-order valence-electron chi connectivity index (χ1n) is 11.8. The van der Waals surface area contributed by atoms with Crippen molar-refractivity contribution in [2.45, 2.75) is 69.9 Å². The number of aromatic hydroxyl groups is 2. The number of phenols is 2. The molecule has 0 aliphatic heterocycles. The third-order valence-electron chi connectivity index (χ3n) is 6.95. The first-order chi connectivity index (χ1) is 15.1. The van der Waals surface area contributed by atoms with Crippen LogP contribution in [0.25, 0.3) is 0 Å². The molecule has 164 valence electrons. The molecule has 0 unspecified atom stereocenters. The van der Waals surface area contributed by atoms with Gasteiger partial charge >= 0.3 is 0 Å². The molecule has 0 spiro atoms. The Kier molecular flexibility index (Phi) is 7.39. The number of hydrogen-bond acceptors (Lipinski definition) is 4. The maximum absolute atomic E-state index is 9.38. The zero-order chi connectivity index (χ0) is 21.5. The smallest absolute Gasteiger partial charge is 0.115 e. The molecular weight excluding hydrogens is 384 g/mol. The molecule has 0 saturated heterocycles. The van der Waals surface area contributed by atoms with Crippen LogP contribution in [-0.2, 0) is 0 Å². The lowest BCUT2D eigenvalue weighted by Crippen LogP contribution is -2.23. The number of phenolic OH excluding ortho intramolecular Hbond substituents is 2. The van der Waals surface area contributed by atoms with E-state index < -0.39 is 0 Å². The SMILES string of the molecule is Oc1ccc(C=NC2CCC(CC3CCC(N=Cc4ccc(O)cc4)CC3)CC2)cc1. The number of rotatable bonds is 6. The maximum atomic E-state index is 9.38. The van der Waals surface area contributed by atoms with Gasteiger partial charge in [0.05, 0.1) is 0 Å². The normalized spacial score (nSPS) is 27.1. The molecule has 0 atom stereocenters. The van der Waals surface area contributed by atoms with Crippen LogP contribution in [0.15, 0.2) is 58.5 Å². The summed E-state index contributed by atoms with van der Waals surface area (Å²) in [4.78, 5) is 9.58. The minimum atomic E-state index is 0.302. The fourth-order valence-corrected chi connectivity index (χ4v) is 5.03. The van der Waals surface area contributed by atoms with E-state index in [-0.39, 0.29) is 0 Å². The predicted octanol–water partition coefficient (Wildman–Crippen LogP) is 6.14. The second-order valence-electron chi connectivity index (χ2n) is 9.32. The third kappa shape index (κ3) is 6.68. The largest absolute Gasteiger partial charge is 0.508 e. The monoisotopic (exact) mass is 418 g/mol. The van der Waals surface area contributed by atoms with Crippen molar-refractivity contribution in [3.63, 3.8) is 0 Å². The lowest BCUT2D eigenvalue weighted by Gasteiger charge is -2.32. The van der Waals surface area contributed by atoms with Crippen LogP contribution in [0.5, 0.6) is 11.5 Å². The maximum Gasteiger partial charge on any atom is 0.115 e. The summed E-state index contributed by atoms with van der Waals surface area (Å²) in [5.74, 6) is 2.33. The summed E-state index contributed by atoms with van der Waals surface area (Å²) in [5, 5.41) is 18.8. The van der Waals surface area contributed by atoms with Gasteiger partial charge in [-0.2, -0.15) is 0 Å². The zero-order valence-corrected chi connectivity index (χ0v) is 18.2. The molecule has 2 aliphatic rings. The van der Waals surface area contributed by atoms with Crippen LogP contribution >= 0.6 is 0 Å². The average Bonchev–Trinajstić information content (AvgIpc) is 2.80. The van der Waals surface area contributed by atoms with Gasteiger partial charge in [-0.25, -0.2) is 0 Å². The molecule has 4 rings (SSSR count). The van der Waals surface area contributed by atoms with Crippen LogP contribution < -0.4 is 0 Å². The second kappa shape index (κ2) is 10.6. The highest BCUT2D eigenvalue weighted by molar-refractivity contribution is 5.80. The number of benzene rings is 2. The Hall–Kier alpha value is -2.62. The van der Waals surface area contributed by atoms with Gasteiger partial charge in [-0.3, -0.25) is 9.98 Å². The van der Waals surface area contributed by atoms with Crippen molar-refractivity contribution in [3.8, 4) is 11.5 Å². The summed E-state index contributed by atoms with van der Waals surface area (Å²) in [6, 6.07) is 15.4. The molecule has 2 aromatic rings. The molecular formula is C27H34N2O2. The highest BCUT2D eigenvalue weighted by Gasteiger charge is 2.26. The Balaban J connectivity index is 1.15. The minimum Gasteiger partial charge on any atom is -0.508 e. The first-order valence-corrected chi connectivity index (χ1v) is 11.8. The third-order valence-corrected chi connectivity index (χ3v) is 6.95. The van der Waals surface area contributed by atoms with Gasteiger partial charge in [0.25, 0.3) is 0 Å². The van der Waals surface area contributed by atoms with E-state index in [1.54, 1.807) is 24.3 Å². The average molecular weight is 419 g/mol. The Morgan fingerprint density at radius 3 is 1.29 bits per heavy atom. The van der Waals surface area contributed by atoms with E-state index in [0.29, 0.717) is 23.6 Å². The Bertz CT molecular complexity index is 784. The standard InChI is InChI=1S/C27H34N2O2/c30-26-13-5-22(6-14-26)18-28-24-9-1-20(2-10-24)17-21-3-11-25(12-4-21)29-19-23-7-15-27(31)16-8-23/h5-8,13-16,18-21,24-25,30-31H,1-4,9-12,17H2. The van der Waals surface area contributed by atoms with E-state index in [2.05, 4.69) is 0 Å². The number of hydrogen-bond donors (Lipinski definition) is 2. The summed E-state index contributed by atoms with van der Waals surface area (Å²) in [7, 11) is 0. The van der Waals surface area contributed by atoms with Crippen LogP contribution in [-0.4, -0.2) is 34.7 Å². The van der Waals surface area contributed by atoms with Crippen molar-refractivity contribution in [1.82, 2.24) is 0 Å². The molecule has 2 fully saturated rings. The lowest BCUT2D eigenvalue weighted by atomic mass is 9.76. The molecule has 4 nitrogen and oxygen atoms in total. The molecule has 0 aromatic heterocycles. The molecule has 0 heterocycles. The summed E-state index contributed by atoms with van der Waals surface area (Å²) in [6.45, 7) is 0. The molecule has 4 heteroatoms. The molecule has 2 aromatic carbocycles. The zero-order valence-electron chi connectivity index (χ0n) is 18.2. The summed E-state index contributed by atoms with van der Waals surface area (Å²) in [5.41, 5.74) is 2.12. The van der Waals surface area contributed by atoms with Gasteiger partial charge in [0.15, 0.2) is 0 Å². The van der Waals surface area contributed by atoms with Crippen molar-refractivity contribution >= 4 is 12.4 Å². The van der Waals surface area contributed by atoms with E-state index in [1.165, 1.54) is 57.8 Å². The van der Waals surface area contributed by atoms with Gasteiger partial charge in [0.2, 0.25) is 0 Å². The van der Waals surface area contributed by atoms with Crippen molar-refractivity contribution in [3.05, 3.63) is 59.7 Å². The van der Waals surface area contributed by atoms with Crippen LogP contribution in [0.3, 0.4) is 0 Å². The van der Waals surface area contributed by atoms with E-state index in [0.717, 1.165) is 23.0 Å². The van der Waals surface area contributed by atoms with Crippen LogP contribution in [0.2, 0.25) is 0 Å². The highest BCUT2D eigenvalue weighted by atomic mass is 16.3. The van der Waals surface area contributed by atoms with Crippen molar-refractivity contribution in [2.75, 3.05) is 0 Å². The molecule has 0 radical (unpaired) electrons. The van der Waals surface area contributed by atoms with Crippen molar-refractivity contribution < 1.29 is 10.2 Å². The summed E-state index contributed by atoms with van der Waals surface area (Å²) in [6.07, 6.45) is 15.3. The fourth-order valence-electron chi connectivity index (χ4n) is 5.03. The Morgan fingerprint density at radius 2 is 0.935 bits per heavy atom. The Labute approximate surface area is 185 Å². The second-order valence-corrected chi connectivity index (χ2v) is 9.32. The van der Waals surface area contributed by atoms with Crippen LogP contribution in [0, 0.1) is 11.8 Å². The predicted molar refractivity (Wildman–Crippen MR) is 128 cm³/mol. The van der Waals surface area contributed by atoms with E-state index in [9.17, 15) is 10.2 Å². The van der Waals surface area contributed by atoms with Crippen molar-refractivity contribution in [2.24, 2.45) is 21.8 Å². The number of nitrogens with zero attached hydrogens (tertiary/aromatic N) is 2. The summed E-state index contributed by atoms with van der Waals surface area (Å²) >= 11 is 0. The highest BCUT2D eigenvalue weighted by Crippen LogP contribution is 2.36. The van der Waals surface area contributed by atoms with Crippen molar-refractivity contribution in [1.29, 1.82) is 0 Å². The van der Waals surface area contributed by atoms with Crippen LogP contribution in [0.4, 0.5) is 0 Å². The summed E-state index contributed by atoms with van der Waals surface area (Å²) < 4.78 is 0. The van der Waals surface area contributed by atoms with Gasteiger partial charge in [0, 0.05) is 24.5 Å². The van der Waals surface area contributed by atoms with Crippen LogP contribution in [0.1, 0.15) is 68.9 Å². The molecule has 0 bridgehead atoms. The fraction of sp³-hybridized carbons (Fsp3) is 0.481. The van der Waals surface area contributed by atoms with Gasteiger partial charge in [-0.1, -0.05) is 0 Å². The van der Waals surface area contributed by atoms with E-state index in [4.69, 9.17) is 9.98 Å². The minimum absolute atomic E-state index is 0.302. The van der Waals surface area contributed by atoms with Gasteiger partial charge in [-0.15, -0.1) is 0 Å². The van der Waals surface area contributed by atoms with E-state index >= 15 is 0 Å². The number of aliphatic imine (C=N–C) groups is 2. The Morgan fingerprint density at radius 1 is 0.581 bits per heavy atom. The molecule has 31 heavy (non-hydrogen) atoms. The molecule has 0 amide bonds. The van der Waals surface area contributed by atoms with Gasteiger partial charge in [0.1, 0.15) is 11.5 Å². The molecule has 2 N–H and O–H groups in total. The quantitative estimate of drug-likeness (QED) is 0.553. The van der Waals surface area contributed by atoms with Gasteiger partial charge < -0.3 is 10.2 Å².